The molecule has 5 heteroatoms. The number of hydrogen-bond donors (Lipinski definition) is 1. The van der Waals surface area contributed by atoms with Crippen LogP contribution in [0.15, 0.2) is 35.4 Å². The van der Waals surface area contributed by atoms with Gasteiger partial charge in [0, 0.05) is 43.8 Å². The fraction of sp³-hybridized carbons (Fsp3) is 0.308. The van der Waals surface area contributed by atoms with Gasteiger partial charge in [-0.05, 0) is 19.1 Å². The third kappa shape index (κ3) is 2.74. The molecule has 0 saturated carbocycles. The zero-order chi connectivity index (χ0) is 13.0. The van der Waals surface area contributed by atoms with Gasteiger partial charge in [-0.2, -0.15) is 0 Å². The molecule has 0 aliphatic carbocycles. The van der Waals surface area contributed by atoms with E-state index in [1.165, 1.54) is 0 Å². The lowest BCUT2D eigenvalue weighted by Gasteiger charge is -2.07. The van der Waals surface area contributed by atoms with Gasteiger partial charge in [0.1, 0.15) is 0 Å². The van der Waals surface area contributed by atoms with Crippen molar-refractivity contribution in [3.8, 4) is 0 Å². The van der Waals surface area contributed by atoms with E-state index in [0.717, 1.165) is 17.8 Å². The molecule has 0 unspecified atom stereocenters. The van der Waals surface area contributed by atoms with Crippen molar-refractivity contribution in [2.24, 2.45) is 7.05 Å². The average Bonchev–Trinajstić information content (AvgIpc) is 2.40. The standard InChI is InChI=1S/C13H16N4O/c1-10-9-16-12(13(18)17(10)2)15-8-6-11-5-3-4-7-14-11/h3-5,7,9H,6,8H2,1-2H3,(H,15,16). The van der Waals surface area contributed by atoms with Crippen LogP contribution in [0.1, 0.15) is 11.4 Å². The van der Waals surface area contributed by atoms with E-state index in [1.807, 2.05) is 25.1 Å². The van der Waals surface area contributed by atoms with Crippen molar-refractivity contribution in [2.75, 3.05) is 11.9 Å². The predicted molar refractivity (Wildman–Crippen MR) is 70.6 cm³/mol. The van der Waals surface area contributed by atoms with E-state index >= 15 is 0 Å². The molecule has 2 aromatic rings. The number of aromatic nitrogens is 3. The normalized spacial score (nSPS) is 10.3. The van der Waals surface area contributed by atoms with Crippen LogP contribution in [0.4, 0.5) is 5.82 Å². The van der Waals surface area contributed by atoms with Gasteiger partial charge >= 0.3 is 0 Å². The second-order valence-corrected chi connectivity index (χ2v) is 4.11. The largest absolute Gasteiger partial charge is 0.365 e. The van der Waals surface area contributed by atoms with Gasteiger partial charge in [0.05, 0.1) is 0 Å². The first-order valence-corrected chi connectivity index (χ1v) is 5.85. The fourth-order valence-corrected chi connectivity index (χ4v) is 1.60. The highest BCUT2D eigenvalue weighted by molar-refractivity contribution is 5.32. The van der Waals surface area contributed by atoms with Crippen LogP contribution in [0, 0.1) is 6.92 Å². The molecule has 2 heterocycles. The number of nitrogens with zero attached hydrogens (tertiary/aromatic N) is 3. The van der Waals surface area contributed by atoms with Crippen molar-refractivity contribution in [2.45, 2.75) is 13.3 Å². The summed E-state index contributed by atoms with van der Waals surface area (Å²) >= 11 is 0. The van der Waals surface area contributed by atoms with E-state index in [1.54, 1.807) is 24.0 Å². The molecule has 0 spiro atoms. The summed E-state index contributed by atoms with van der Waals surface area (Å²) in [7, 11) is 1.74. The Morgan fingerprint density at radius 2 is 2.17 bits per heavy atom. The van der Waals surface area contributed by atoms with Crippen LogP contribution >= 0.6 is 0 Å². The van der Waals surface area contributed by atoms with Crippen molar-refractivity contribution in [3.63, 3.8) is 0 Å². The number of anilines is 1. The van der Waals surface area contributed by atoms with Gasteiger partial charge in [-0.3, -0.25) is 9.78 Å². The van der Waals surface area contributed by atoms with Crippen molar-refractivity contribution in [3.05, 3.63) is 52.3 Å². The minimum absolute atomic E-state index is 0.101. The molecular weight excluding hydrogens is 228 g/mol. The van der Waals surface area contributed by atoms with Crippen molar-refractivity contribution < 1.29 is 0 Å². The summed E-state index contributed by atoms with van der Waals surface area (Å²) in [5.41, 5.74) is 1.74. The van der Waals surface area contributed by atoms with Crippen LogP contribution in [0.3, 0.4) is 0 Å². The molecule has 0 aromatic carbocycles. The van der Waals surface area contributed by atoms with Gasteiger partial charge < -0.3 is 9.88 Å². The Labute approximate surface area is 106 Å². The van der Waals surface area contributed by atoms with E-state index in [2.05, 4.69) is 15.3 Å². The van der Waals surface area contributed by atoms with E-state index in [0.29, 0.717) is 12.4 Å². The van der Waals surface area contributed by atoms with Crippen LogP contribution < -0.4 is 10.9 Å². The third-order valence-electron chi connectivity index (χ3n) is 2.82. The third-order valence-corrected chi connectivity index (χ3v) is 2.82. The van der Waals surface area contributed by atoms with Crippen LogP contribution in [0.5, 0.6) is 0 Å². The minimum atomic E-state index is -0.101. The lowest BCUT2D eigenvalue weighted by atomic mass is 10.3. The second-order valence-electron chi connectivity index (χ2n) is 4.11. The van der Waals surface area contributed by atoms with Crippen LogP contribution in [-0.2, 0) is 13.5 Å². The maximum Gasteiger partial charge on any atom is 0.293 e. The smallest absolute Gasteiger partial charge is 0.293 e. The van der Waals surface area contributed by atoms with Crippen molar-refractivity contribution in [1.29, 1.82) is 0 Å². The molecule has 2 aromatic heterocycles. The van der Waals surface area contributed by atoms with Crippen molar-refractivity contribution in [1.82, 2.24) is 14.5 Å². The zero-order valence-electron chi connectivity index (χ0n) is 10.6. The quantitative estimate of drug-likeness (QED) is 0.876. The molecule has 0 fully saturated rings. The van der Waals surface area contributed by atoms with Gasteiger partial charge in [-0.25, -0.2) is 4.98 Å². The molecule has 0 saturated heterocycles. The number of nitrogens with one attached hydrogen (secondary N) is 1. The SMILES string of the molecule is Cc1cnc(NCCc2ccccn2)c(=O)n1C. The van der Waals surface area contributed by atoms with Crippen LogP contribution in [0.2, 0.25) is 0 Å². The molecular formula is C13H16N4O. The Balaban J connectivity index is 1.99. The molecule has 0 radical (unpaired) electrons. The molecule has 1 N–H and O–H groups in total. The van der Waals surface area contributed by atoms with Gasteiger partial charge in [-0.1, -0.05) is 6.07 Å². The highest BCUT2D eigenvalue weighted by Gasteiger charge is 2.04. The first-order valence-electron chi connectivity index (χ1n) is 5.85. The van der Waals surface area contributed by atoms with Gasteiger partial charge in [0.15, 0.2) is 5.82 Å². The highest BCUT2D eigenvalue weighted by atomic mass is 16.1. The lowest BCUT2D eigenvalue weighted by Crippen LogP contribution is -2.25. The Hall–Kier alpha value is -2.17. The Morgan fingerprint density at radius 3 is 2.89 bits per heavy atom. The molecule has 2 rings (SSSR count). The summed E-state index contributed by atoms with van der Waals surface area (Å²) in [6.45, 7) is 2.49. The van der Waals surface area contributed by atoms with E-state index < -0.39 is 0 Å². The van der Waals surface area contributed by atoms with Crippen LogP contribution in [0.25, 0.3) is 0 Å². The summed E-state index contributed by atoms with van der Waals surface area (Å²) in [6.07, 6.45) is 4.21. The number of pyridine rings is 1. The molecule has 0 aliphatic rings. The molecule has 0 bridgehead atoms. The Bertz CT molecular complexity index is 577. The molecule has 0 amide bonds. The maximum absolute atomic E-state index is 11.9. The van der Waals surface area contributed by atoms with E-state index in [-0.39, 0.29) is 5.56 Å². The summed E-state index contributed by atoms with van der Waals surface area (Å²) in [4.78, 5) is 20.2. The molecule has 18 heavy (non-hydrogen) atoms. The second kappa shape index (κ2) is 5.44. The number of hydrogen-bond acceptors (Lipinski definition) is 4. The summed E-state index contributed by atoms with van der Waals surface area (Å²) in [5.74, 6) is 0.388. The fourth-order valence-electron chi connectivity index (χ4n) is 1.60. The summed E-state index contributed by atoms with van der Waals surface area (Å²) < 4.78 is 1.58. The monoisotopic (exact) mass is 244 g/mol. The van der Waals surface area contributed by atoms with E-state index in [9.17, 15) is 4.79 Å². The van der Waals surface area contributed by atoms with E-state index in [4.69, 9.17) is 0 Å². The first kappa shape index (κ1) is 12.3. The Kier molecular flexibility index (Phi) is 3.72. The minimum Gasteiger partial charge on any atom is -0.365 e. The first-order chi connectivity index (χ1) is 8.68. The van der Waals surface area contributed by atoms with Crippen LogP contribution in [-0.4, -0.2) is 21.1 Å². The van der Waals surface area contributed by atoms with Gasteiger partial charge in [0.2, 0.25) is 0 Å². The molecule has 0 atom stereocenters. The topological polar surface area (TPSA) is 59.8 Å². The Morgan fingerprint density at radius 1 is 1.33 bits per heavy atom. The highest BCUT2D eigenvalue weighted by Crippen LogP contribution is 1.98. The molecule has 0 aliphatic heterocycles. The summed E-state index contributed by atoms with van der Waals surface area (Å²) in [6, 6.07) is 5.79. The zero-order valence-corrected chi connectivity index (χ0v) is 10.6. The number of aryl methyl sites for hydroxylation is 1. The number of rotatable bonds is 4. The maximum atomic E-state index is 11.9. The lowest BCUT2D eigenvalue weighted by molar-refractivity contribution is 0.797. The summed E-state index contributed by atoms with van der Waals surface area (Å²) in [5, 5.41) is 3.05. The van der Waals surface area contributed by atoms with Gasteiger partial charge in [-0.15, -0.1) is 0 Å². The molecule has 94 valence electrons. The van der Waals surface area contributed by atoms with Gasteiger partial charge in [0.25, 0.3) is 5.56 Å². The predicted octanol–water partition coefficient (Wildman–Crippen LogP) is 1.14. The average molecular weight is 244 g/mol. The molecule has 5 nitrogen and oxygen atoms in total. The van der Waals surface area contributed by atoms with Crippen molar-refractivity contribution >= 4 is 5.82 Å².